The number of hydrogen-bond donors (Lipinski definition) is 2. The van der Waals surface area contributed by atoms with Crippen molar-refractivity contribution in [3.05, 3.63) is 59.7 Å². The molecular weight excluding hydrogens is 378 g/mol. The fourth-order valence-electron chi connectivity index (χ4n) is 4.45. The number of carbonyl (C=O) groups excluding carboxylic acids is 1. The van der Waals surface area contributed by atoms with Gasteiger partial charge in [0.25, 0.3) is 0 Å². The van der Waals surface area contributed by atoms with Gasteiger partial charge in [-0.15, -0.1) is 10.2 Å². The minimum atomic E-state index is 0.0357. The quantitative estimate of drug-likeness (QED) is 0.514. The zero-order chi connectivity index (χ0) is 20.5. The lowest BCUT2D eigenvalue weighted by molar-refractivity contribution is -0.122. The van der Waals surface area contributed by atoms with Crippen molar-refractivity contribution in [1.82, 2.24) is 24.9 Å². The molecule has 1 aliphatic carbocycles. The first-order valence-electron chi connectivity index (χ1n) is 10.5. The molecule has 0 fully saturated rings. The van der Waals surface area contributed by atoms with Crippen LogP contribution < -0.4 is 10.1 Å². The molecule has 0 radical (unpaired) electrons. The summed E-state index contributed by atoms with van der Waals surface area (Å²) in [5.74, 6) is 1.83. The van der Waals surface area contributed by atoms with Crippen LogP contribution in [0.25, 0.3) is 16.6 Å². The highest BCUT2D eigenvalue weighted by Crippen LogP contribution is 2.36. The van der Waals surface area contributed by atoms with Gasteiger partial charge in [0.15, 0.2) is 5.65 Å². The van der Waals surface area contributed by atoms with Crippen LogP contribution in [0.2, 0.25) is 0 Å². The molecule has 3 heterocycles. The number of aryl methyl sites for hydroxylation is 2. The van der Waals surface area contributed by atoms with Crippen LogP contribution in [-0.2, 0) is 17.6 Å². The molecule has 1 aliphatic rings. The standard InChI is InChI=1S/C23H25N5O2/c1-30-15-11-12-18-17(14-15)16-6-4-7-19(23(16)25-18)24-22(29)10-5-9-21-27-26-20-8-2-3-13-28(20)21/h2-3,8,11-14,19,25H,4-7,9-10H2,1H3,(H,24,29)/t19-/m0/s1. The first-order valence-corrected chi connectivity index (χ1v) is 10.5. The Morgan fingerprint density at radius 2 is 2.23 bits per heavy atom. The van der Waals surface area contributed by atoms with Crippen molar-refractivity contribution in [2.45, 2.75) is 44.6 Å². The molecule has 0 saturated heterocycles. The number of hydrogen-bond acceptors (Lipinski definition) is 4. The monoisotopic (exact) mass is 403 g/mol. The summed E-state index contributed by atoms with van der Waals surface area (Å²) in [5, 5.41) is 12.8. The highest BCUT2D eigenvalue weighted by Gasteiger charge is 2.25. The number of nitrogens with zero attached hydrogens (tertiary/aromatic N) is 3. The van der Waals surface area contributed by atoms with E-state index in [0.717, 1.165) is 60.5 Å². The molecule has 0 aliphatic heterocycles. The third-order valence-corrected chi connectivity index (χ3v) is 5.94. The molecule has 3 aromatic heterocycles. The zero-order valence-electron chi connectivity index (χ0n) is 17.0. The van der Waals surface area contributed by atoms with Gasteiger partial charge in [-0.25, -0.2) is 0 Å². The summed E-state index contributed by atoms with van der Waals surface area (Å²) in [4.78, 5) is 16.2. The molecule has 30 heavy (non-hydrogen) atoms. The molecule has 7 nitrogen and oxygen atoms in total. The number of benzene rings is 1. The van der Waals surface area contributed by atoms with Gasteiger partial charge in [0.2, 0.25) is 5.91 Å². The normalized spacial score (nSPS) is 16.0. The molecule has 154 valence electrons. The third-order valence-electron chi connectivity index (χ3n) is 5.94. The van der Waals surface area contributed by atoms with Gasteiger partial charge in [0, 0.05) is 35.6 Å². The fraction of sp³-hybridized carbons (Fsp3) is 0.348. The number of ether oxygens (including phenoxy) is 1. The topological polar surface area (TPSA) is 84.3 Å². The number of H-pyrrole nitrogens is 1. The molecule has 1 aromatic carbocycles. The van der Waals surface area contributed by atoms with Gasteiger partial charge in [0.1, 0.15) is 11.6 Å². The van der Waals surface area contributed by atoms with E-state index in [4.69, 9.17) is 4.74 Å². The van der Waals surface area contributed by atoms with Crippen molar-refractivity contribution >= 4 is 22.5 Å². The van der Waals surface area contributed by atoms with Gasteiger partial charge in [-0.2, -0.15) is 0 Å². The average molecular weight is 403 g/mol. The molecule has 1 atom stereocenters. The summed E-state index contributed by atoms with van der Waals surface area (Å²) in [6.07, 6.45) is 6.94. The van der Waals surface area contributed by atoms with Crippen molar-refractivity contribution in [3.63, 3.8) is 0 Å². The number of aromatic amines is 1. The Kier molecular flexibility index (Phi) is 4.86. The largest absolute Gasteiger partial charge is 0.497 e. The van der Waals surface area contributed by atoms with Crippen LogP contribution in [0.4, 0.5) is 0 Å². The molecule has 5 rings (SSSR count). The van der Waals surface area contributed by atoms with E-state index in [0.29, 0.717) is 6.42 Å². The Morgan fingerprint density at radius 1 is 1.30 bits per heavy atom. The Hall–Kier alpha value is -3.35. The van der Waals surface area contributed by atoms with Gasteiger partial charge in [0.05, 0.1) is 13.2 Å². The maximum Gasteiger partial charge on any atom is 0.220 e. The maximum absolute atomic E-state index is 12.6. The number of methoxy groups -OCH3 is 1. The Morgan fingerprint density at radius 3 is 3.13 bits per heavy atom. The first-order chi connectivity index (χ1) is 14.7. The first kappa shape index (κ1) is 18.7. The average Bonchev–Trinajstić information content (AvgIpc) is 3.35. The van der Waals surface area contributed by atoms with Gasteiger partial charge >= 0.3 is 0 Å². The van der Waals surface area contributed by atoms with E-state index >= 15 is 0 Å². The van der Waals surface area contributed by atoms with Crippen LogP contribution in [0, 0.1) is 0 Å². The van der Waals surface area contributed by atoms with Crippen LogP contribution in [0.1, 0.15) is 48.8 Å². The van der Waals surface area contributed by atoms with Crippen molar-refractivity contribution in [2.75, 3.05) is 7.11 Å². The Labute approximate surface area is 174 Å². The Balaban J connectivity index is 1.25. The Bertz CT molecular complexity index is 1210. The molecule has 0 spiro atoms. The maximum atomic E-state index is 12.6. The fourth-order valence-corrected chi connectivity index (χ4v) is 4.45. The van der Waals surface area contributed by atoms with Crippen molar-refractivity contribution < 1.29 is 9.53 Å². The lowest BCUT2D eigenvalue weighted by atomic mass is 9.91. The number of rotatable bonds is 6. The summed E-state index contributed by atoms with van der Waals surface area (Å²) in [6.45, 7) is 0. The second-order valence-corrected chi connectivity index (χ2v) is 7.84. The van der Waals surface area contributed by atoms with Crippen molar-refractivity contribution in [2.24, 2.45) is 0 Å². The van der Waals surface area contributed by atoms with Crippen LogP contribution >= 0.6 is 0 Å². The molecular formula is C23H25N5O2. The van der Waals surface area contributed by atoms with E-state index in [1.54, 1.807) is 7.11 Å². The van der Waals surface area contributed by atoms with Crippen molar-refractivity contribution in [3.8, 4) is 5.75 Å². The van der Waals surface area contributed by atoms with Gasteiger partial charge in [-0.05, 0) is 61.6 Å². The number of fused-ring (bicyclic) bond motifs is 4. The van der Waals surface area contributed by atoms with E-state index in [2.05, 4.69) is 26.6 Å². The van der Waals surface area contributed by atoms with Gasteiger partial charge < -0.3 is 15.0 Å². The third kappa shape index (κ3) is 3.40. The second kappa shape index (κ2) is 7.82. The molecule has 0 saturated carbocycles. The van der Waals surface area contributed by atoms with Crippen LogP contribution in [0.5, 0.6) is 5.75 Å². The molecule has 7 heteroatoms. The summed E-state index contributed by atoms with van der Waals surface area (Å²) in [5.41, 5.74) is 4.37. The smallest absolute Gasteiger partial charge is 0.220 e. The number of nitrogens with one attached hydrogen (secondary N) is 2. The van der Waals surface area contributed by atoms with Crippen LogP contribution in [-0.4, -0.2) is 32.6 Å². The number of aromatic nitrogens is 4. The van der Waals surface area contributed by atoms with Crippen LogP contribution in [0.3, 0.4) is 0 Å². The predicted molar refractivity (Wildman–Crippen MR) is 115 cm³/mol. The SMILES string of the molecule is COc1ccc2[nH]c3c(c2c1)CCC[C@@H]3NC(=O)CCCc1nnc2ccccn12. The minimum absolute atomic E-state index is 0.0357. The lowest BCUT2D eigenvalue weighted by Crippen LogP contribution is -2.30. The van der Waals surface area contributed by atoms with E-state index in [9.17, 15) is 4.79 Å². The van der Waals surface area contributed by atoms with E-state index < -0.39 is 0 Å². The van der Waals surface area contributed by atoms with Gasteiger partial charge in [-0.3, -0.25) is 9.20 Å². The van der Waals surface area contributed by atoms with Gasteiger partial charge in [-0.1, -0.05) is 6.07 Å². The highest BCUT2D eigenvalue weighted by molar-refractivity contribution is 5.87. The van der Waals surface area contributed by atoms with Crippen molar-refractivity contribution in [1.29, 1.82) is 0 Å². The number of carbonyl (C=O) groups is 1. The lowest BCUT2D eigenvalue weighted by Gasteiger charge is -2.24. The summed E-state index contributed by atoms with van der Waals surface area (Å²) in [6, 6.07) is 12.0. The second-order valence-electron chi connectivity index (χ2n) is 7.84. The predicted octanol–water partition coefficient (Wildman–Crippen LogP) is 3.74. The summed E-state index contributed by atoms with van der Waals surface area (Å²) in [7, 11) is 1.69. The molecule has 0 unspecified atom stereocenters. The minimum Gasteiger partial charge on any atom is -0.497 e. The summed E-state index contributed by atoms with van der Waals surface area (Å²) >= 11 is 0. The molecule has 4 aromatic rings. The zero-order valence-corrected chi connectivity index (χ0v) is 17.0. The highest BCUT2D eigenvalue weighted by atomic mass is 16.5. The molecule has 1 amide bonds. The molecule has 0 bridgehead atoms. The summed E-state index contributed by atoms with van der Waals surface area (Å²) < 4.78 is 7.36. The van der Waals surface area contributed by atoms with E-state index in [-0.39, 0.29) is 11.9 Å². The van der Waals surface area contributed by atoms with E-state index in [1.165, 1.54) is 10.9 Å². The molecule has 2 N–H and O–H groups in total. The number of amides is 1. The number of pyridine rings is 1. The van der Waals surface area contributed by atoms with E-state index in [1.807, 2.05) is 40.9 Å². The van der Waals surface area contributed by atoms with Crippen LogP contribution in [0.15, 0.2) is 42.6 Å².